The fourth-order valence-electron chi connectivity index (χ4n) is 1.17. The fraction of sp³-hybridized carbons (Fsp3) is 0.778. The van der Waals surface area contributed by atoms with Gasteiger partial charge in [-0.2, -0.15) is 5.10 Å². The molecule has 0 spiro atoms. The number of hydrogen-bond donors (Lipinski definition) is 1. The zero-order valence-electron chi connectivity index (χ0n) is 8.83. The maximum atomic E-state index is 6.04. The lowest BCUT2D eigenvalue weighted by atomic mass is 10.0. The smallest absolute Gasteiger partial charge is 0.147 e. The fourth-order valence-corrected chi connectivity index (χ4v) is 1.17. The zero-order valence-corrected chi connectivity index (χ0v) is 8.83. The van der Waals surface area contributed by atoms with Crippen molar-refractivity contribution in [2.24, 2.45) is 5.73 Å². The summed E-state index contributed by atoms with van der Waals surface area (Å²) in [5.41, 5.74) is 5.85. The van der Waals surface area contributed by atoms with Crippen molar-refractivity contribution in [3.8, 4) is 0 Å². The lowest BCUT2D eigenvalue weighted by molar-refractivity contribution is 0.359. The van der Waals surface area contributed by atoms with Crippen LogP contribution in [0.2, 0.25) is 0 Å². The van der Waals surface area contributed by atoms with Crippen molar-refractivity contribution in [1.82, 2.24) is 14.8 Å². The molecule has 1 heterocycles. The number of rotatable bonds is 3. The first-order chi connectivity index (χ1) is 5.94. The molecule has 0 saturated carbocycles. The minimum atomic E-state index is -0.190. The van der Waals surface area contributed by atoms with Crippen molar-refractivity contribution in [2.45, 2.75) is 46.2 Å². The third-order valence-electron chi connectivity index (χ3n) is 2.28. The molecule has 0 radical (unpaired) electrons. The first kappa shape index (κ1) is 10.2. The van der Waals surface area contributed by atoms with Gasteiger partial charge in [0.25, 0.3) is 0 Å². The van der Waals surface area contributed by atoms with Gasteiger partial charge in [-0.25, -0.2) is 9.67 Å². The summed E-state index contributed by atoms with van der Waals surface area (Å²) in [5, 5.41) is 4.27. The van der Waals surface area contributed by atoms with Crippen LogP contribution in [0.3, 0.4) is 0 Å². The highest BCUT2D eigenvalue weighted by Crippen LogP contribution is 2.09. The van der Waals surface area contributed by atoms with E-state index in [4.69, 9.17) is 5.73 Å². The van der Waals surface area contributed by atoms with Gasteiger partial charge in [-0.15, -0.1) is 0 Å². The van der Waals surface area contributed by atoms with E-state index in [-0.39, 0.29) is 5.54 Å². The maximum absolute atomic E-state index is 6.04. The molecule has 0 aliphatic carbocycles. The number of hydrogen-bond acceptors (Lipinski definition) is 3. The molecule has 1 aromatic rings. The molecule has 0 aliphatic rings. The summed E-state index contributed by atoms with van der Waals surface area (Å²) in [5.74, 6) is 1.74. The number of nitrogens with two attached hydrogens (primary N) is 1. The highest BCUT2D eigenvalue weighted by molar-refractivity contribution is 4.90. The molecule has 74 valence electrons. The normalized spacial score (nSPS) is 15.8. The molecule has 2 N–H and O–H groups in total. The van der Waals surface area contributed by atoms with Gasteiger partial charge in [0.15, 0.2) is 0 Å². The largest absolute Gasteiger partial charge is 0.324 e. The molecular formula is C9H18N4. The maximum Gasteiger partial charge on any atom is 0.147 e. The summed E-state index contributed by atoms with van der Waals surface area (Å²) in [6.45, 7) is 8.69. The molecule has 0 saturated heterocycles. The van der Waals surface area contributed by atoms with Crippen LogP contribution in [0.15, 0.2) is 0 Å². The van der Waals surface area contributed by atoms with E-state index in [1.54, 1.807) is 0 Å². The Labute approximate surface area is 79.2 Å². The van der Waals surface area contributed by atoms with Gasteiger partial charge in [-0.05, 0) is 27.2 Å². The lowest BCUT2D eigenvalue weighted by Crippen LogP contribution is -2.40. The summed E-state index contributed by atoms with van der Waals surface area (Å²) in [6, 6.07) is 0. The van der Waals surface area contributed by atoms with Crippen LogP contribution in [-0.2, 0) is 6.54 Å². The Morgan fingerprint density at radius 3 is 2.46 bits per heavy atom. The Morgan fingerprint density at radius 1 is 1.46 bits per heavy atom. The number of nitrogens with zero attached hydrogens (tertiary/aromatic N) is 3. The van der Waals surface area contributed by atoms with Crippen LogP contribution in [0.4, 0.5) is 0 Å². The van der Waals surface area contributed by atoms with E-state index in [9.17, 15) is 0 Å². The minimum Gasteiger partial charge on any atom is -0.324 e. The van der Waals surface area contributed by atoms with Gasteiger partial charge in [0, 0.05) is 5.54 Å². The van der Waals surface area contributed by atoms with Gasteiger partial charge in [-0.3, -0.25) is 0 Å². The van der Waals surface area contributed by atoms with Crippen molar-refractivity contribution >= 4 is 0 Å². The van der Waals surface area contributed by atoms with Gasteiger partial charge in [0.1, 0.15) is 11.6 Å². The lowest BCUT2D eigenvalue weighted by Gasteiger charge is -2.22. The van der Waals surface area contributed by atoms with Crippen LogP contribution < -0.4 is 5.73 Å². The molecule has 4 heteroatoms. The van der Waals surface area contributed by atoms with Crippen LogP contribution in [0.5, 0.6) is 0 Å². The molecule has 1 aromatic heterocycles. The molecule has 0 aromatic carbocycles. The molecule has 13 heavy (non-hydrogen) atoms. The van der Waals surface area contributed by atoms with E-state index in [0.29, 0.717) is 0 Å². The van der Waals surface area contributed by atoms with Gasteiger partial charge >= 0.3 is 0 Å². The van der Waals surface area contributed by atoms with Crippen molar-refractivity contribution < 1.29 is 0 Å². The first-order valence-corrected chi connectivity index (χ1v) is 4.61. The number of aryl methyl sites for hydroxylation is 2. The van der Waals surface area contributed by atoms with E-state index < -0.39 is 0 Å². The Bertz CT molecular complexity index is 288. The topological polar surface area (TPSA) is 56.7 Å². The highest BCUT2D eigenvalue weighted by Gasteiger charge is 2.18. The second kappa shape index (κ2) is 3.46. The number of aromatic nitrogens is 3. The van der Waals surface area contributed by atoms with E-state index >= 15 is 0 Å². The molecule has 0 fully saturated rings. The average molecular weight is 182 g/mol. The second-order valence-corrected chi connectivity index (χ2v) is 3.87. The molecule has 1 rings (SSSR count). The van der Waals surface area contributed by atoms with E-state index in [1.165, 1.54) is 0 Å². The molecule has 4 nitrogen and oxygen atoms in total. The van der Waals surface area contributed by atoms with Crippen molar-refractivity contribution in [3.05, 3.63) is 11.6 Å². The van der Waals surface area contributed by atoms with Crippen LogP contribution in [0.1, 0.15) is 31.9 Å². The van der Waals surface area contributed by atoms with Crippen LogP contribution in [0.25, 0.3) is 0 Å². The molecular weight excluding hydrogens is 164 g/mol. The second-order valence-electron chi connectivity index (χ2n) is 3.87. The van der Waals surface area contributed by atoms with Crippen molar-refractivity contribution in [3.63, 3.8) is 0 Å². The third-order valence-corrected chi connectivity index (χ3v) is 2.28. The molecule has 0 bridgehead atoms. The summed E-state index contributed by atoms with van der Waals surface area (Å²) < 4.78 is 1.87. The predicted molar refractivity (Wildman–Crippen MR) is 52.4 cm³/mol. The van der Waals surface area contributed by atoms with Crippen LogP contribution >= 0.6 is 0 Å². The monoisotopic (exact) mass is 182 g/mol. The van der Waals surface area contributed by atoms with Crippen molar-refractivity contribution in [1.29, 1.82) is 0 Å². The van der Waals surface area contributed by atoms with Crippen molar-refractivity contribution in [2.75, 3.05) is 0 Å². The first-order valence-electron chi connectivity index (χ1n) is 4.61. The van der Waals surface area contributed by atoms with Gasteiger partial charge < -0.3 is 5.73 Å². The van der Waals surface area contributed by atoms with Crippen LogP contribution in [0, 0.1) is 13.8 Å². The quantitative estimate of drug-likeness (QED) is 0.759. The van der Waals surface area contributed by atoms with Crippen LogP contribution in [-0.4, -0.2) is 20.3 Å². The SMILES string of the molecule is CCC(C)(N)Cn1nc(C)nc1C. The summed E-state index contributed by atoms with van der Waals surface area (Å²) in [7, 11) is 0. The standard InChI is InChI=1S/C9H18N4/c1-5-9(4,10)6-13-8(3)11-7(2)12-13/h5-6,10H2,1-4H3. The van der Waals surface area contributed by atoms with E-state index in [2.05, 4.69) is 17.0 Å². The predicted octanol–water partition coefficient (Wildman–Crippen LogP) is 1.02. The molecule has 1 atom stereocenters. The summed E-state index contributed by atoms with van der Waals surface area (Å²) >= 11 is 0. The zero-order chi connectivity index (χ0) is 10.1. The molecule has 0 aliphatic heterocycles. The molecule has 1 unspecified atom stereocenters. The Hall–Kier alpha value is -0.900. The summed E-state index contributed by atoms with van der Waals surface area (Å²) in [6.07, 6.45) is 0.936. The Morgan fingerprint density at radius 2 is 2.08 bits per heavy atom. The molecule has 0 amide bonds. The minimum absolute atomic E-state index is 0.190. The Kier molecular flexibility index (Phi) is 2.71. The van der Waals surface area contributed by atoms with E-state index in [0.717, 1.165) is 24.6 Å². The van der Waals surface area contributed by atoms with E-state index in [1.807, 2.05) is 25.5 Å². The third kappa shape index (κ3) is 2.52. The summed E-state index contributed by atoms with van der Waals surface area (Å²) in [4.78, 5) is 4.23. The van der Waals surface area contributed by atoms with Gasteiger partial charge in [-0.1, -0.05) is 6.92 Å². The highest BCUT2D eigenvalue weighted by atomic mass is 15.3. The van der Waals surface area contributed by atoms with Gasteiger partial charge in [0.2, 0.25) is 0 Å². The Balaban J connectivity index is 2.79. The van der Waals surface area contributed by atoms with Gasteiger partial charge in [0.05, 0.1) is 6.54 Å². The average Bonchev–Trinajstić information content (AvgIpc) is 2.30.